The first-order valence-electron chi connectivity index (χ1n) is 13.4. The first-order chi connectivity index (χ1) is 16.6. The highest BCUT2D eigenvalue weighted by Crippen LogP contribution is 2.27. The molecule has 1 rings (SSSR count). The lowest BCUT2D eigenvalue weighted by atomic mass is 10.0. The third kappa shape index (κ3) is 14.7. The second-order valence-electron chi connectivity index (χ2n) is 9.06. The molecular formula is C28H48N2O3S. The zero-order valence-electron chi connectivity index (χ0n) is 21.9. The van der Waals surface area contributed by atoms with Crippen LogP contribution < -0.4 is 10.6 Å². The Morgan fingerprint density at radius 2 is 1.41 bits per heavy atom. The number of hydrogen-bond donors (Lipinski definition) is 2. The van der Waals surface area contributed by atoms with Gasteiger partial charge in [-0.15, -0.1) is 11.8 Å². The van der Waals surface area contributed by atoms with Crippen LogP contribution in [-0.2, 0) is 9.53 Å². The zero-order chi connectivity index (χ0) is 24.9. The minimum atomic E-state index is -0.160. The van der Waals surface area contributed by atoms with Crippen molar-refractivity contribution in [1.82, 2.24) is 5.32 Å². The molecule has 1 aromatic rings. The summed E-state index contributed by atoms with van der Waals surface area (Å²) in [5, 5.41) is 5.82. The monoisotopic (exact) mass is 492 g/mol. The molecule has 0 heterocycles. The van der Waals surface area contributed by atoms with Crippen LogP contribution in [0.2, 0.25) is 0 Å². The van der Waals surface area contributed by atoms with Crippen molar-refractivity contribution in [1.29, 1.82) is 0 Å². The Labute approximate surface area is 212 Å². The van der Waals surface area contributed by atoms with Gasteiger partial charge in [-0.2, -0.15) is 0 Å². The van der Waals surface area contributed by atoms with Crippen molar-refractivity contribution in [2.24, 2.45) is 0 Å². The Kier molecular flexibility index (Phi) is 18.7. The van der Waals surface area contributed by atoms with Crippen LogP contribution in [0.15, 0.2) is 23.1 Å². The largest absolute Gasteiger partial charge is 0.383 e. The highest BCUT2D eigenvalue weighted by atomic mass is 32.2. The predicted molar refractivity (Wildman–Crippen MR) is 146 cm³/mol. The molecule has 5 nitrogen and oxygen atoms in total. The molecule has 2 amide bonds. The van der Waals surface area contributed by atoms with E-state index in [1.807, 2.05) is 12.3 Å². The van der Waals surface area contributed by atoms with Crippen LogP contribution in [0.25, 0.3) is 0 Å². The van der Waals surface area contributed by atoms with Gasteiger partial charge >= 0.3 is 0 Å². The van der Waals surface area contributed by atoms with Gasteiger partial charge in [-0.25, -0.2) is 0 Å². The summed E-state index contributed by atoms with van der Waals surface area (Å²) < 4.78 is 4.97. The number of nitrogens with one attached hydrogen (secondary N) is 2. The molecule has 1 aromatic carbocycles. The number of benzene rings is 1. The topological polar surface area (TPSA) is 67.4 Å². The van der Waals surface area contributed by atoms with Crippen molar-refractivity contribution >= 4 is 29.3 Å². The quantitative estimate of drug-likeness (QED) is 0.137. The Balaban J connectivity index is 2.17. The number of thioether (sulfide) groups is 1. The molecule has 0 fully saturated rings. The summed E-state index contributed by atoms with van der Waals surface area (Å²) in [5.74, 6) is -0.140. The molecule has 6 heteroatoms. The minimum absolute atomic E-state index is 0.0196. The van der Waals surface area contributed by atoms with Gasteiger partial charge in [0, 0.05) is 30.5 Å². The SMILES string of the molecule is CCCCCCCCCCCCCCCCC(=O)Nc1cc(C(=O)NCCOC)ccc1SC. The maximum absolute atomic E-state index is 12.5. The Hall–Kier alpha value is -1.53. The van der Waals surface area contributed by atoms with Gasteiger partial charge in [-0.1, -0.05) is 90.4 Å². The number of carbonyl (C=O) groups excluding carboxylic acids is 2. The van der Waals surface area contributed by atoms with Crippen molar-refractivity contribution < 1.29 is 14.3 Å². The van der Waals surface area contributed by atoms with Gasteiger partial charge in [0.1, 0.15) is 0 Å². The molecule has 0 aliphatic carbocycles. The lowest BCUT2D eigenvalue weighted by Gasteiger charge is -2.12. The molecular weight excluding hydrogens is 444 g/mol. The van der Waals surface area contributed by atoms with Gasteiger partial charge in [0.25, 0.3) is 5.91 Å². The smallest absolute Gasteiger partial charge is 0.251 e. The molecule has 0 saturated carbocycles. The highest BCUT2D eigenvalue weighted by molar-refractivity contribution is 7.98. The lowest BCUT2D eigenvalue weighted by molar-refractivity contribution is -0.116. The van der Waals surface area contributed by atoms with Crippen LogP contribution in [0, 0.1) is 0 Å². The van der Waals surface area contributed by atoms with Crippen LogP contribution in [0.4, 0.5) is 5.69 Å². The molecule has 0 atom stereocenters. The van der Waals surface area contributed by atoms with E-state index in [1.54, 1.807) is 31.0 Å². The third-order valence-corrected chi connectivity index (χ3v) is 6.88. The third-order valence-electron chi connectivity index (χ3n) is 6.08. The summed E-state index contributed by atoms with van der Waals surface area (Å²) in [7, 11) is 1.60. The predicted octanol–water partition coefficient (Wildman–Crippen LogP) is 7.59. The van der Waals surface area contributed by atoms with Crippen molar-refractivity contribution in [3.8, 4) is 0 Å². The van der Waals surface area contributed by atoms with E-state index >= 15 is 0 Å². The maximum Gasteiger partial charge on any atom is 0.251 e. The molecule has 0 radical (unpaired) electrons. The summed E-state index contributed by atoms with van der Waals surface area (Å²) >= 11 is 1.56. The van der Waals surface area contributed by atoms with E-state index in [2.05, 4.69) is 17.6 Å². The summed E-state index contributed by atoms with van der Waals surface area (Å²) in [6.07, 6.45) is 20.8. The molecule has 0 saturated heterocycles. The standard InChI is InChI=1S/C28H48N2O3S/c1-4-5-6-7-8-9-10-11-12-13-14-15-16-17-18-27(31)30-25-23-24(19-20-26(25)34-3)28(32)29-21-22-33-2/h19-20,23H,4-18,21-22H2,1-3H3,(H,29,32)(H,30,31). The van der Waals surface area contributed by atoms with Gasteiger partial charge in [0.15, 0.2) is 0 Å². The number of amides is 2. The van der Waals surface area contributed by atoms with Crippen molar-refractivity contribution in [3.63, 3.8) is 0 Å². The second-order valence-corrected chi connectivity index (χ2v) is 9.91. The number of hydrogen-bond acceptors (Lipinski definition) is 4. The second kappa shape index (κ2) is 20.8. The first-order valence-corrected chi connectivity index (χ1v) is 14.6. The molecule has 0 spiro atoms. The van der Waals surface area contributed by atoms with Crippen molar-refractivity contribution in [2.45, 2.75) is 108 Å². The van der Waals surface area contributed by atoms with E-state index < -0.39 is 0 Å². The van der Waals surface area contributed by atoms with Crippen molar-refractivity contribution in [2.75, 3.05) is 31.8 Å². The van der Waals surface area contributed by atoms with E-state index in [0.29, 0.717) is 30.8 Å². The molecule has 34 heavy (non-hydrogen) atoms. The van der Waals surface area contributed by atoms with Crippen LogP contribution >= 0.6 is 11.8 Å². The summed E-state index contributed by atoms with van der Waals surface area (Å²) in [5.41, 5.74) is 1.25. The Morgan fingerprint density at radius 1 is 0.853 bits per heavy atom. The molecule has 0 aliphatic heterocycles. The fourth-order valence-electron chi connectivity index (χ4n) is 4.01. The Bertz CT molecular complexity index is 682. The fraction of sp³-hybridized carbons (Fsp3) is 0.714. The fourth-order valence-corrected chi connectivity index (χ4v) is 4.54. The van der Waals surface area contributed by atoms with Crippen LogP contribution in [0.3, 0.4) is 0 Å². The van der Waals surface area contributed by atoms with E-state index in [9.17, 15) is 9.59 Å². The number of carbonyl (C=O) groups is 2. The average Bonchev–Trinajstić information content (AvgIpc) is 2.84. The van der Waals surface area contributed by atoms with Crippen LogP contribution in [0.1, 0.15) is 114 Å². The van der Waals surface area contributed by atoms with Gasteiger partial charge in [-0.05, 0) is 30.9 Å². The molecule has 194 valence electrons. The first kappa shape index (κ1) is 30.5. The zero-order valence-corrected chi connectivity index (χ0v) is 22.7. The number of rotatable bonds is 21. The van der Waals surface area contributed by atoms with E-state index in [4.69, 9.17) is 4.74 Å². The summed E-state index contributed by atoms with van der Waals surface area (Å²) in [6.45, 7) is 3.20. The molecule has 0 aromatic heterocycles. The normalized spacial score (nSPS) is 10.9. The molecule has 0 unspecified atom stereocenters. The lowest BCUT2D eigenvalue weighted by Crippen LogP contribution is -2.27. The average molecular weight is 493 g/mol. The van der Waals surface area contributed by atoms with Gasteiger partial charge in [0.05, 0.1) is 12.3 Å². The highest BCUT2D eigenvalue weighted by Gasteiger charge is 2.11. The van der Waals surface area contributed by atoms with Gasteiger partial charge in [0.2, 0.25) is 5.91 Å². The van der Waals surface area contributed by atoms with Crippen LogP contribution in [0.5, 0.6) is 0 Å². The van der Waals surface area contributed by atoms with E-state index in [1.165, 1.54) is 77.0 Å². The van der Waals surface area contributed by atoms with Crippen molar-refractivity contribution in [3.05, 3.63) is 23.8 Å². The maximum atomic E-state index is 12.5. The Morgan fingerprint density at radius 3 is 1.94 bits per heavy atom. The van der Waals surface area contributed by atoms with E-state index in [-0.39, 0.29) is 11.8 Å². The minimum Gasteiger partial charge on any atom is -0.383 e. The summed E-state index contributed by atoms with van der Waals surface area (Å²) in [4.78, 5) is 25.7. The van der Waals surface area contributed by atoms with Gasteiger partial charge < -0.3 is 15.4 Å². The molecule has 0 bridgehead atoms. The van der Waals surface area contributed by atoms with Crippen LogP contribution in [-0.4, -0.2) is 38.3 Å². The number of methoxy groups -OCH3 is 1. The number of ether oxygens (including phenoxy) is 1. The number of anilines is 1. The van der Waals surface area contributed by atoms with E-state index in [0.717, 1.165) is 17.7 Å². The molecule has 0 aliphatic rings. The summed E-state index contributed by atoms with van der Waals surface area (Å²) in [6, 6.07) is 5.44. The number of unbranched alkanes of at least 4 members (excludes halogenated alkanes) is 13. The van der Waals surface area contributed by atoms with Gasteiger partial charge in [-0.3, -0.25) is 9.59 Å². The molecule has 2 N–H and O–H groups in total.